The number of anilines is 1. The van der Waals surface area contributed by atoms with Gasteiger partial charge in [-0.1, -0.05) is 0 Å². The van der Waals surface area contributed by atoms with E-state index in [0.717, 1.165) is 24.1 Å². The van der Waals surface area contributed by atoms with Gasteiger partial charge < -0.3 is 10.2 Å². The Hall–Kier alpha value is -0.610. The Morgan fingerprint density at radius 1 is 1.57 bits per heavy atom. The minimum Gasteiger partial charge on any atom is -0.354 e. The minimum atomic E-state index is 0.807. The lowest BCUT2D eigenvalue weighted by atomic mass is 10.3. The molecule has 1 fully saturated rings. The molecule has 0 aromatic carbocycles. The van der Waals surface area contributed by atoms with Crippen LogP contribution in [0.3, 0.4) is 0 Å². The highest BCUT2D eigenvalue weighted by atomic mass is 32.1. The van der Waals surface area contributed by atoms with Gasteiger partial charge in [0.2, 0.25) is 0 Å². The number of rotatable bonds is 5. The lowest BCUT2D eigenvalue weighted by Crippen LogP contribution is -2.19. The molecule has 3 nitrogen and oxygen atoms in total. The van der Waals surface area contributed by atoms with Crippen molar-refractivity contribution in [1.29, 1.82) is 0 Å². The molecule has 1 aromatic rings. The molecule has 0 atom stereocenters. The topological polar surface area (TPSA) is 28.2 Å². The number of thiazole rings is 1. The molecule has 0 bridgehead atoms. The second kappa shape index (κ2) is 4.28. The van der Waals surface area contributed by atoms with E-state index in [0.29, 0.717) is 0 Å². The molecule has 0 aliphatic heterocycles. The number of nitrogens with zero attached hydrogens (tertiary/aromatic N) is 2. The zero-order valence-corrected chi connectivity index (χ0v) is 9.60. The van der Waals surface area contributed by atoms with Gasteiger partial charge in [-0.15, -0.1) is 11.3 Å². The fourth-order valence-electron chi connectivity index (χ4n) is 1.31. The lowest BCUT2D eigenvalue weighted by Gasteiger charge is -2.05. The largest absolute Gasteiger partial charge is 0.354 e. The molecule has 0 amide bonds. The van der Waals surface area contributed by atoms with Crippen molar-refractivity contribution >= 4 is 16.5 Å². The molecular weight excluding hydrogens is 194 g/mol. The molecule has 2 rings (SSSR count). The van der Waals surface area contributed by atoms with Gasteiger partial charge >= 0.3 is 0 Å². The van der Waals surface area contributed by atoms with E-state index in [1.807, 2.05) is 14.1 Å². The summed E-state index contributed by atoms with van der Waals surface area (Å²) >= 11 is 1.72. The second-order valence-electron chi connectivity index (χ2n) is 3.99. The minimum absolute atomic E-state index is 0.807. The molecule has 4 heteroatoms. The monoisotopic (exact) mass is 211 g/mol. The zero-order valence-electron chi connectivity index (χ0n) is 8.79. The number of aromatic nitrogens is 1. The quantitative estimate of drug-likeness (QED) is 0.800. The first-order chi connectivity index (χ1) is 6.75. The molecule has 0 saturated heterocycles. The third kappa shape index (κ3) is 2.69. The molecule has 1 heterocycles. The van der Waals surface area contributed by atoms with Gasteiger partial charge in [0.25, 0.3) is 0 Å². The van der Waals surface area contributed by atoms with Crippen LogP contribution in [0, 0.1) is 0 Å². The van der Waals surface area contributed by atoms with Gasteiger partial charge in [-0.2, -0.15) is 0 Å². The molecule has 1 aromatic heterocycles. The maximum absolute atomic E-state index is 4.53. The molecule has 0 spiro atoms. The van der Waals surface area contributed by atoms with E-state index < -0.39 is 0 Å². The average molecular weight is 211 g/mol. The Labute approximate surface area is 89.1 Å². The first kappa shape index (κ1) is 9.93. The van der Waals surface area contributed by atoms with Gasteiger partial charge in [0, 0.05) is 38.5 Å². The molecule has 0 unspecified atom stereocenters. The maximum atomic E-state index is 4.53. The van der Waals surface area contributed by atoms with Crippen molar-refractivity contribution in [3.05, 3.63) is 11.1 Å². The third-order valence-electron chi connectivity index (χ3n) is 2.31. The summed E-state index contributed by atoms with van der Waals surface area (Å²) in [5.41, 5.74) is 1.21. The predicted octanol–water partition coefficient (Wildman–Crippen LogP) is 1.50. The van der Waals surface area contributed by atoms with Crippen LogP contribution in [0.25, 0.3) is 0 Å². The van der Waals surface area contributed by atoms with Crippen molar-refractivity contribution in [3.63, 3.8) is 0 Å². The molecule has 1 saturated carbocycles. The van der Waals surface area contributed by atoms with Crippen LogP contribution in [0.15, 0.2) is 5.38 Å². The van der Waals surface area contributed by atoms with Crippen LogP contribution in [0.5, 0.6) is 0 Å². The summed E-state index contributed by atoms with van der Waals surface area (Å²) in [5, 5.41) is 6.75. The van der Waals surface area contributed by atoms with Gasteiger partial charge in [-0.05, 0) is 12.8 Å². The van der Waals surface area contributed by atoms with E-state index in [4.69, 9.17) is 0 Å². The van der Waals surface area contributed by atoms with Crippen molar-refractivity contribution in [2.24, 2.45) is 0 Å². The Balaban J connectivity index is 1.77. The third-order valence-corrected chi connectivity index (χ3v) is 3.37. The van der Waals surface area contributed by atoms with E-state index in [-0.39, 0.29) is 0 Å². The summed E-state index contributed by atoms with van der Waals surface area (Å²) in [6.07, 6.45) is 3.78. The Morgan fingerprint density at radius 2 is 2.36 bits per heavy atom. The van der Waals surface area contributed by atoms with Crippen molar-refractivity contribution in [3.8, 4) is 0 Å². The fraction of sp³-hybridized carbons (Fsp3) is 0.700. The van der Waals surface area contributed by atoms with Crippen LogP contribution in [-0.2, 0) is 6.42 Å². The highest BCUT2D eigenvalue weighted by molar-refractivity contribution is 7.13. The zero-order chi connectivity index (χ0) is 9.97. The number of hydrogen-bond donors (Lipinski definition) is 1. The summed E-state index contributed by atoms with van der Waals surface area (Å²) in [6, 6.07) is 0.807. The summed E-state index contributed by atoms with van der Waals surface area (Å²) in [7, 11) is 4.07. The van der Waals surface area contributed by atoms with Crippen molar-refractivity contribution < 1.29 is 0 Å². The van der Waals surface area contributed by atoms with E-state index in [1.165, 1.54) is 18.5 Å². The first-order valence-electron chi connectivity index (χ1n) is 5.11. The van der Waals surface area contributed by atoms with Gasteiger partial charge in [-0.3, -0.25) is 0 Å². The normalized spacial score (nSPS) is 15.9. The predicted molar refractivity (Wildman–Crippen MR) is 61.2 cm³/mol. The standard InChI is InChI=1S/C10H17N3S/c1-13(2)10-12-9(7-14-10)5-6-11-8-3-4-8/h7-8,11H,3-6H2,1-2H3. The van der Waals surface area contributed by atoms with Crippen LogP contribution in [-0.4, -0.2) is 31.7 Å². The molecule has 78 valence electrons. The van der Waals surface area contributed by atoms with Gasteiger partial charge in [-0.25, -0.2) is 4.98 Å². The lowest BCUT2D eigenvalue weighted by molar-refractivity contribution is 0.676. The highest BCUT2D eigenvalue weighted by Gasteiger charge is 2.19. The summed E-state index contributed by atoms with van der Waals surface area (Å²) in [5.74, 6) is 0. The van der Waals surface area contributed by atoms with Gasteiger partial charge in [0.15, 0.2) is 5.13 Å². The molecule has 1 N–H and O–H groups in total. The van der Waals surface area contributed by atoms with Crippen LogP contribution < -0.4 is 10.2 Å². The fourth-order valence-corrected chi connectivity index (χ4v) is 2.10. The van der Waals surface area contributed by atoms with E-state index >= 15 is 0 Å². The van der Waals surface area contributed by atoms with Crippen LogP contribution in [0.1, 0.15) is 18.5 Å². The SMILES string of the molecule is CN(C)c1nc(CCNC2CC2)cs1. The Bertz CT molecular complexity index is 291. The van der Waals surface area contributed by atoms with Crippen LogP contribution in [0.2, 0.25) is 0 Å². The molecule has 1 aliphatic rings. The first-order valence-corrected chi connectivity index (χ1v) is 5.99. The summed E-state index contributed by atoms with van der Waals surface area (Å²) in [4.78, 5) is 6.59. The smallest absolute Gasteiger partial charge is 0.184 e. The van der Waals surface area contributed by atoms with Gasteiger partial charge in [0.1, 0.15) is 0 Å². The van der Waals surface area contributed by atoms with E-state index in [1.54, 1.807) is 11.3 Å². The second-order valence-corrected chi connectivity index (χ2v) is 4.83. The molecule has 0 radical (unpaired) electrons. The van der Waals surface area contributed by atoms with Gasteiger partial charge in [0.05, 0.1) is 5.69 Å². The highest BCUT2D eigenvalue weighted by Crippen LogP contribution is 2.20. The van der Waals surface area contributed by atoms with Crippen LogP contribution >= 0.6 is 11.3 Å². The van der Waals surface area contributed by atoms with Crippen LogP contribution in [0.4, 0.5) is 5.13 Å². The molecule has 14 heavy (non-hydrogen) atoms. The van der Waals surface area contributed by atoms with Crippen molar-refractivity contribution in [2.45, 2.75) is 25.3 Å². The molecular formula is C10H17N3S. The van der Waals surface area contributed by atoms with Crippen molar-refractivity contribution in [2.75, 3.05) is 25.5 Å². The number of nitrogens with one attached hydrogen (secondary N) is 1. The average Bonchev–Trinajstić information content (AvgIpc) is 2.82. The van der Waals surface area contributed by atoms with E-state index in [9.17, 15) is 0 Å². The Kier molecular flexibility index (Phi) is 3.03. The van der Waals surface area contributed by atoms with E-state index in [2.05, 4.69) is 20.6 Å². The molecule has 1 aliphatic carbocycles. The number of hydrogen-bond acceptors (Lipinski definition) is 4. The Morgan fingerprint density at radius 3 is 2.93 bits per heavy atom. The summed E-state index contributed by atoms with van der Waals surface area (Å²) < 4.78 is 0. The van der Waals surface area contributed by atoms with Crippen molar-refractivity contribution in [1.82, 2.24) is 10.3 Å². The maximum Gasteiger partial charge on any atom is 0.184 e. The summed E-state index contributed by atoms with van der Waals surface area (Å²) in [6.45, 7) is 1.07.